The Bertz CT molecular complexity index is 300. The second-order valence-corrected chi connectivity index (χ2v) is 9.80. The highest BCUT2D eigenvalue weighted by molar-refractivity contribution is 6.73. The van der Waals surface area contributed by atoms with E-state index in [1.165, 1.54) is 13.8 Å². The minimum Gasteiger partial charge on any atom is -0.414 e. The molecule has 0 saturated carbocycles. The zero-order chi connectivity index (χ0) is 18.5. The van der Waals surface area contributed by atoms with Crippen LogP contribution in [-0.4, -0.2) is 33.0 Å². The molecule has 11 heteroatoms. The quantitative estimate of drug-likeness (QED) is 0.360. The van der Waals surface area contributed by atoms with Crippen molar-refractivity contribution in [3.05, 3.63) is 0 Å². The van der Waals surface area contributed by atoms with Crippen LogP contribution in [0.4, 0.5) is 39.5 Å². The third-order valence-electron chi connectivity index (χ3n) is 3.08. The van der Waals surface area contributed by atoms with E-state index in [0.717, 1.165) is 0 Å². The molecule has 0 fully saturated rings. The number of alkyl halides is 9. The van der Waals surface area contributed by atoms with Crippen molar-refractivity contribution in [2.45, 2.75) is 75.9 Å². The summed E-state index contributed by atoms with van der Waals surface area (Å²) in [5, 5.41) is 0. The molecular weight excluding hydrogens is 359 g/mol. The zero-order valence-corrected chi connectivity index (χ0v) is 13.6. The van der Waals surface area contributed by atoms with Crippen LogP contribution in [0.3, 0.4) is 0 Å². The van der Waals surface area contributed by atoms with Gasteiger partial charge in [-0.15, -0.1) is 0 Å². The number of hydrogen-bond donors (Lipinski definition) is 0. The van der Waals surface area contributed by atoms with Crippen LogP contribution in [0.5, 0.6) is 0 Å². The van der Waals surface area contributed by atoms with Gasteiger partial charge < -0.3 is 4.43 Å². The third kappa shape index (κ3) is 12.6. The molecule has 23 heavy (non-hydrogen) atoms. The van der Waals surface area contributed by atoms with Gasteiger partial charge in [-0.05, 0) is 32.0 Å². The smallest absolute Gasteiger partial charge is 0.388 e. The summed E-state index contributed by atoms with van der Waals surface area (Å²) >= 11 is 0. The van der Waals surface area contributed by atoms with Crippen molar-refractivity contribution in [3.8, 4) is 0 Å². The molecule has 0 rings (SSSR count). The van der Waals surface area contributed by atoms with E-state index in [1.54, 1.807) is 0 Å². The first-order valence-electron chi connectivity index (χ1n) is 6.92. The maximum absolute atomic E-state index is 12.4. The van der Waals surface area contributed by atoms with E-state index < -0.39 is 70.3 Å². The van der Waals surface area contributed by atoms with E-state index >= 15 is 0 Å². The largest absolute Gasteiger partial charge is 0.414 e. The molecule has 0 spiro atoms. The highest BCUT2D eigenvalue weighted by Crippen LogP contribution is 2.38. The molecule has 0 unspecified atom stereocenters. The van der Waals surface area contributed by atoms with Crippen LogP contribution in [0.1, 0.15) is 33.1 Å². The minimum atomic E-state index is -4.66. The Hall–Kier alpha value is -0.453. The van der Waals surface area contributed by atoms with E-state index in [4.69, 9.17) is 4.43 Å². The summed E-state index contributed by atoms with van der Waals surface area (Å²) in [6.45, 7) is 2.77. The average molecular weight is 378 g/mol. The molecule has 0 N–H and O–H groups in total. The van der Waals surface area contributed by atoms with Crippen LogP contribution in [-0.2, 0) is 4.43 Å². The summed E-state index contributed by atoms with van der Waals surface area (Å²) in [7, 11) is -3.85. The fraction of sp³-hybridized carbons (Fsp3) is 1.00. The molecule has 0 saturated heterocycles. The van der Waals surface area contributed by atoms with Crippen LogP contribution in [0.15, 0.2) is 0 Å². The SMILES string of the molecule is CC(C)O[Si](CCC(F)(F)F)(CCC(F)(F)F)CCC(F)(F)F. The van der Waals surface area contributed by atoms with Gasteiger partial charge in [0.2, 0.25) is 0 Å². The maximum atomic E-state index is 12.4. The van der Waals surface area contributed by atoms with Crippen molar-refractivity contribution in [2.75, 3.05) is 0 Å². The second kappa shape index (κ2) is 8.08. The lowest BCUT2D eigenvalue weighted by Gasteiger charge is -2.34. The molecule has 1 nitrogen and oxygen atoms in total. The van der Waals surface area contributed by atoms with Crippen molar-refractivity contribution in [3.63, 3.8) is 0 Å². The van der Waals surface area contributed by atoms with Gasteiger partial charge in [-0.3, -0.25) is 0 Å². The van der Waals surface area contributed by atoms with Crippen LogP contribution in [0.25, 0.3) is 0 Å². The molecule has 0 aromatic rings. The molecule has 0 heterocycles. The van der Waals surface area contributed by atoms with Gasteiger partial charge in [0.1, 0.15) is 0 Å². The normalized spacial score (nSPS) is 14.6. The highest BCUT2D eigenvalue weighted by atomic mass is 28.4. The van der Waals surface area contributed by atoms with Crippen molar-refractivity contribution in [1.29, 1.82) is 0 Å². The number of rotatable bonds is 8. The van der Waals surface area contributed by atoms with Gasteiger partial charge in [0.25, 0.3) is 0 Å². The van der Waals surface area contributed by atoms with Crippen LogP contribution >= 0.6 is 0 Å². The summed E-state index contributed by atoms with van der Waals surface area (Å²) in [6, 6.07) is -2.41. The van der Waals surface area contributed by atoms with Gasteiger partial charge in [-0.2, -0.15) is 39.5 Å². The maximum Gasteiger partial charge on any atom is 0.388 e. The van der Waals surface area contributed by atoms with Crippen LogP contribution in [0, 0.1) is 0 Å². The van der Waals surface area contributed by atoms with E-state index in [-0.39, 0.29) is 0 Å². The summed E-state index contributed by atoms with van der Waals surface area (Å²) < 4.78 is 117. The molecular formula is C12H19F9OSi. The monoisotopic (exact) mass is 378 g/mol. The summed E-state index contributed by atoms with van der Waals surface area (Å²) in [6.07, 6.45) is -19.0. The van der Waals surface area contributed by atoms with Crippen LogP contribution < -0.4 is 0 Å². The fourth-order valence-electron chi connectivity index (χ4n) is 2.16. The lowest BCUT2D eigenvalue weighted by Crippen LogP contribution is -2.43. The van der Waals surface area contributed by atoms with Gasteiger partial charge >= 0.3 is 18.5 Å². The molecule has 0 atom stereocenters. The zero-order valence-electron chi connectivity index (χ0n) is 12.6. The lowest BCUT2D eigenvalue weighted by atomic mass is 10.5. The van der Waals surface area contributed by atoms with Crippen molar-refractivity contribution in [1.82, 2.24) is 0 Å². The minimum absolute atomic E-state index is 0.739. The van der Waals surface area contributed by atoms with Crippen molar-refractivity contribution < 1.29 is 43.9 Å². The highest BCUT2D eigenvalue weighted by Gasteiger charge is 2.45. The topological polar surface area (TPSA) is 9.23 Å². The number of hydrogen-bond acceptors (Lipinski definition) is 1. The Kier molecular flexibility index (Phi) is 7.92. The lowest BCUT2D eigenvalue weighted by molar-refractivity contribution is -0.134. The average Bonchev–Trinajstić information content (AvgIpc) is 2.27. The molecule has 0 aliphatic carbocycles. The van der Waals surface area contributed by atoms with E-state index in [0.29, 0.717) is 0 Å². The molecule has 0 amide bonds. The van der Waals surface area contributed by atoms with Gasteiger partial charge in [-0.25, -0.2) is 0 Å². The van der Waals surface area contributed by atoms with Gasteiger partial charge in [0.15, 0.2) is 8.32 Å². The van der Waals surface area contributed by atoms with E-state index in [1.807, 2.05) is 0 Å². The molecule has 140 valence electrons. The Morgan fingerprint density at radius 3 is 1.09 bits per heavy atom. The number of halogens is 9. The Morgan fingerprint density at radius 1 is 0.652 bits per heavy atom. The van der Waals surface area contributed by atoms with Gasteiger partial charge in [-0.1, -0.05) is 0 Å². The second-order valence-electron chi connectivity index (χ2n) is 5.70. The first-order chi connectivity index (χ1) is 10.0. The summed E-state index contributed by atoms with van der Waals surface area (Å²) in [5.74, 6) is 0. The first-order valence-corrected chi connectivity index (χ1v) is 9.45. The molecule has 0 aliphatic heterocycles. The predicted molar refractivity (Wildman–Crippen MR) is 68.4 cm³/mol. The Labute approximate surface area is 129 Å². The van der Waals surface area contributed by atoms with Gasteiger partial charge in [0, 0.05) is 25.4 Å². The molecule has 0 radical (unpaired) electrons. The summed E-state index contributed by atoms with van der Waals surface area (Å²) in [5.41, 5.74) is 0. The van der Waals surface area contributed by atoms with E-state index in [2.05, 4.69) is 0 Å². The molecule has 0 aliphatic rings. The Balaban J connectivity index is 5.25. The van der Waals surface area contributed by atoms with Crippen LogP contribution in [0.2, 0.25) is 18.1 Å². The molecule has 0 aromatic heterocycles. The standard InChI is InChI=1S/C12H19F9OSi/c1-9(2)22-23(6-3-10(13,14)15,7-4-11(16,17)18)8-5-12(19,20)21/h9H,3-8H2,1-2H3. The van der Waals surface area contributed by atoms with Gasteiger partial charge in [0.05, 0.1) is 0 Å². The first kappa shape index (κ1) is 22.5. The fourth-order valence-corrected chi connectivity index (χ4v) is 6.48. The predicted octanol–water partition coefficient (Wildman–Crippen LogP) is 6.21. The Morgan fingerprint density at radius 2 is 0.913 bits per heavy atom. The molecule has 0 bridgehead atoms. The third-order valence-corrected chi connectivity index (χ3v) is 7.53. The van der Waals surface area contributed by atoms with E-state index in [9.17, 15) is 39.5 Å². The molecule has 0 aromatic carbocycles. The summed E-state index contributed by atoms with van der Waals surface area (Å²) in [4.78, 5) is 0. The van der Waals surface area contributed by atoms with Crippen molar-refractivity contribution >= 4 is 8.32 Å². The van der Waals surface area contributed by atoms with Crippen molar-refractivity contribution in [2.24, 2.45) is 0 Å².